The molecule has 0 fully saturated rings. The highest BCUT2D eigenvalue weighted by Gasteiger charge is 2.42. The van der Waals surface area contributed by atoms with E-state index in [1.807, 2.05) is 25.1 Å². The number of aromatic nitrogens is 1. The van der Waals surface area contributed by atoms with Gasteiger partial charge in [-0.2, -0.15) is 13.2 Å². The molecule has 4 rings (SSSR count). The number of nitrogens with one attached hydrogen (secondary N) is 1. The summed E-state index contributed by atoms with van der Waals surface area (Å²) >= 11 is 0. The molecule has 2 atom stereocenters. The summed E-state index contributed by atoms with van der Waals surface area (Å²) in [6.07, 6.45) is -0.0483. The van der Waals surface area contributed by atoms with Gasteiger partial charge in [0.05, 0.1) is 19.3 Å². The summed E-state index contributed by atoms with van der Waals surface area (Å²) in [5.74, 6) is 0. The third-order valence-electron chi connectivity index (χ3n) is 8.40. The van der Waals surface area contributed by atoms with Crippen LogP contribution in [-0.4, -0.2) is 53.3 Å². The Balaban J connectivity index is 1.66. The first kappa shape index (κ1) is 32.1. The molecule has 1 aliphatic heterocycles. The van der Waals surface area contributed by atoms with Gasteiger partial charge in [-0.1, -0.05) is 70.7 Å². The molecule has 7 heteroatoms. The minimum atomic E-state index is -4.31. The van der Waals surface area contributed by atoms with Gasteiger partial charge in [-0.05, 0) is 79.2 Å². The van der Waals surface area contributed by atoms with Crippen molar-refractivity contribution in [1.29, 1.82) is 0 Å². The Morgan fingerprint density at radius 1 is 1.07 bits per heavy atom. The topological polar surface area (TPSA) is 22.3 Å². The highest BCUT2D eigenvalue weighted by atomic mass is 19.4. The fraction of sp³-hybridized carbons (Fsp3) is 0.543. The summed E-state index contributed by atoms with van der Waals surface area (Å²) in [4.78, 5) is 7.36. The molecule has 42 heavy (non-hydrogen) atoms. The molecule has 1 aliphatic rings. The summed E-state index contributed by atoms with van der Waals surface area (Å²) < 4.78 is 54.9. The first-order valence-electron chi connectivity index (χ1n) is 15.3. The van der Waals surface area contributed by atoms with Crippen LogP contribution in [0.25, 0.3) is 10.9 Å². The van der Waals surface area contributed by atoms with Crippen LogP contribution in [0.2, 0.25) is 0 Å². The van der Waals surface area contributed by atoms with Gasteiger partial charge in [0.25, 0.3) is 0 Å². The molecule has 0 saturated heterocycles. The predicted octanol–water partition coefficient (Wildman–Crippen LogP) is 9.17. The fourth-order valence-corrected chi connectivity index (χ4v) is 6.55. The number of halogens is 4. The quantitative estimate of drug-likeness (QED) is 0.214. The minimum Gasteiger partial charge on any atom is -0.375 e. The highest BCUT2D eigenvalue weighted by Crippen LogP contribution is 2.43. The normalized spacial score (nSPS) is 17.9. The van der Waals surface area contributed by atoms with E-state index < -0.39 is 18.8 Å². The van der Waals surface area contributed by atoms with E-state index in [1.165, 1.54) is 0 Å². The molecule has 0 spiro atoms. The predicted molar refractivity (Wildman–Crippen MR) is 166 cm³/mol. The Hall–Kier alpha value is -2.80. The van der Waals surface area contributed by atoms with Gasteiger partial charge < -0.3 is 9.88 Å². The molecule has 3 nitrogen and oxygen atoms in total. The molecule has 2 aromatic carbocycles. The van der Waals surface area contributed by atoms with Gasteiger partial charge in [-0.25, -0.2) is 0 Å². The number of para-hydroxylation sites is 1. The molecular weight excluding hydrogens is 538 g/mol. The molecule has 0 aliphatic carbocycles. The molecule has 1 N–H and O–H groups in total. The third kappa shape index (κ3) is 7.77. The van der Waals surface area contributed by atoms with Crippen LogP contribution < -0.4 is 0 Å². The number of allylic oxidation sites excluding steroid dienone is 1. The zero-order valence-corrected chi connectivity index (χ0v) is 25.9. The van der Waals surface area contributed by atoms with Crippen molar-refractivity contribution in [3.05, 3.63) is 82.7 Å². The number of hydrogen-bond acceptors (Lipinski definition) is 2. The Labute approximate surface area is 249 Å². The summed E-state index contributed by atoms with van der Waals surface area (Å²) in [6, 6.07) is 13.6. The molecular formula is C35H47F4N3. The number of rotatable bonds is 12. The van der Waals surface area contributed by atoms with Crippen LogP contribution in [0.4, 0.5) is 17.6 Å². The average Bonchev–Trinajstić information content (AvgIpc) is 3.27. The van der Waals surface area contributed by atoms with Gasteiger partial charge in [0.2, 0.25) is 0 Å². The van der Waals surface area contributed by atoms with Crippen molar-refractivity contribution in [1.82, 2.24) is 14.8 Å². The molecule has 1 unspecified atom stereocenters. The van der Waals surface area contributed by atoms with Crippen LogP contribution in [0.3, 0.4) is 0 Å². The van der Waals surface area contributed by atoms with Gasteiger partial charge in [-0.15, -0.1) is 0 Å². The molecule has 1 aromatic heterocycles. The van der Waals surface area contributed by atoms with Crippen molar-refractivity contribution < 1.29 is 17.6 Å². The van der Waals surface area contributed by atoms with E-state index >= 15 is 0 Å². The lowest BCUT2D eigenvalue weighted by atomic mass is 9.85. The third-order valence-corrected chi connectivity index (χ3v) is 8.40. The van der Waals surface area contributed by atoms with Gasteiger partial charge in [0.15, 0.2) is 0 Å². The first-order chi connectivity index (χ1) is 19.8. The molecule has 0 saturated carbocycles. The molecule has 0 radical (unpaired) electrons. The zero-order valence-electron chi connectivity index (χ0n) is 25.9. The van der Waals surface area contributed by atoms with Gasteiger partial charge >= 0.3 is 6.18 Å². The SMILES string of the molecule is C=C(CC(C)(C)C)N(CCCF)CCCc1ccc(CC)c(C2c3[nH]c4ccccc4c3C[C@@H](C)N2CC(F)(F)F)c1. The summed E-state index contributed by atoms with van der Waals surface area (Å²) in [6.45, 7) is 14.9. The first-order valence-corrected chi connectivity index (χ1v) is 15.3. The lowest BCUT2D eigenvalue weighted by Gasteiger charge is -2.42. The van der Waals surface area contributed by atoms with E-state index in [1.54, 1.807) is 4.90 Å². The Bertz CT molecular complexity index is 1350. The molecule has 0 bridgehead atoms. The number of aromatic amines is 1. The lowest BCUT2D eigenvalue weighted by molar-refractivity contribution is -0.155. The second kappa shape index (κ2) is 13.2. The number of nitrogens with zero attached hydrogens (tertiary/aromatic N) is 2. The van der Waals surface area contributed by atoms with Crippen molar-refractivity contribution >= 4 is 10.9 Å². The van der Waals surface area contributed by atoms with E-state index in [0.29, 0.717) is 19.4 Å². The van der Waals surface area contributed by atoms with Crippen LogP contribution in [0, 0.1) is 5.41 Å². The maximum absolute atomic E-state index is 14.0. The Morgan fingerprint density at radius 2 is 1.79 bits per heavy atom. The van der Waals surface area contributed by atoms with Crippen LogP contribution in [-0.2, 0) is 19.3 Å². The van der Waals surface area contributed by atoms with Gasteiger partial charge in [-0.3, -0.25) is 9.29 Å². The fourth-order valence-electron chi connectivity index (χ4n) is 6.55. The van der Waals surface area contributed by atoms with Crippen LogP contribution in [0.5, 0.6) is 0 Å². The lowest BCUT2D eigenvalue weighted by Crippen LogP contribution is -2.47. The van der Waals surface area contributed by atoms with E-state index in [0.717, 1.165) is 76.8 Å². The van der Waals surface area contributed by atoms with Gasteiger partial charge in [0, 0.05) is 41.4 Å². The van der Waals surface area contributed by atoms with Crippen LogP contribution in [0.15, 0.2) is 54.7 Å². The Kier molecular flexibility index (Phi) is 10.1. The van der Waals surface area contributed by atoms with E-state index in [4.69, 9.17) is 0 Å². The van der Waals surface area contributed by atoms with Gasteiger partial charge in [0.1, 0.15) is 0 Å². The number of fused-ring (bicyclic) bond motifs is 3. The summed E-state index contributed by atoms with van der Waals surface area (Å²) in [5.41, 5.74) is 7.21. The molecule has 3 aromatic rings. The summed E-state index contributed by atoms with van der Waals surface area (Å²) in [5, 5.41) is 1.09. The monoisotopic (exact) mass is 585 g/mol. The summed E-state index contributed by atoms with van der Waals surface area (Å²) in [7, 11) is 0. The maximum Gasteiger partial charge on any atom is 0.401 e. The number of hydrogen-bond donors (Lipinski definition) is 1. The second-order valence-electron chi connectivity index (χ2n) is 13.1. The molecule has 2 heterocycles. The number of alkyl halides is 4. The van der Waals surface area contributed by atoms with Crippen molar-refractivity contribution in [3.8, 4) is 0 Å². The van der Waals surface area contributed by atoms with E-state index in [9.17, 15) is 17.6 Å². The van der Waals surface area contributed by atoms with Crippen LogP contribution in [0.1, 0.15) is 87.9 Å². The second-order valence-corrected chi connectivity index (χ2v) is 13.1. The van der Waals surface area contributed by atoms with Crippen molar-refractivity contribution in [3.63, 3.8) is 0 Å². The van der Waals surface area contributed by atoms with Crippen molar-refractivity contribution in [2.24, 2.45) is 5.41 Å². The smallest absolute Gasteiger partial charge is 0.375 e. The number of aryl methyl sites for hydroxylation is 2. The van der Waals surface area contributed by atoms with E-state index in [2.05, 4.69) is 68.4 Å². The minimum absolute atomic E-state index is 0.0941. The van der Waals surface area contributed by atoms with Crippen LogP contribution >= 0.6 is 0 Å². The number of H-pyrrole nitrogens is 1. The van der Waals surface area contributed by atoms with Crippen molar-refractivity contribution in [2.45, 2.75) is 91.4 Å². The molecule has 230 valence electrons. The Morgan fingerprint density at radius 3 is 2.45 bits per heavy atom. The van der Waals surface area contributed by atoms with E-state index in [-0.39, 0.29) is 18.1 Å². The number of benzene rings is 2. The standard InChI is InChI=1S/C35H47F4N3/c1-7-27-16-15-26(12-10-18-41(19-11-17-36)25(3)22-34(4,5)6)21-29(27)33-32-30(28-13-8-9-14-31(28)40-32)20-24(2)42(33)23-35(37,38)39/h8-9,13-16,21,24,33,40H,3,7,10-12,17-20,22-23H2,1-2,4-6H3/t24-,33?/m1/s1. The zero-order chi connectivity index (χ0) is 30.7. The average molecular weight is 586 g/mol. The highest BCUT2D eigenvalue weighted by molar-refractivity contribution is 5.85. The molecule has 0 amide bonds. The largest absolute Gasteiger partial charge is 0.401 e. The maximum atomic E-state index is 14.0. The van der Waals surface area contributed by atoms with Crippen molar-refractivity contribution in [2.75, 3.05) is 26.3 Å².